The van der Waals surface area contributed by atoms with Crippen molar-refractivity contribution in [2.45, 2.75) is 32.9 Å². The van der Waals surface area contributed by atoms with Crippen LogP contribution in [0.25, 0.3) is 0 Å². The molecule has 1 atom stereocenters. The Morgan fingerprint density at radius 2 is 2.20 bits per heavy atom. The highest BCUT2D eigenvalue weighted by Crippen LogP contribution is 2.26. The van der Waals surface area contributed by atoms with Gasteiger partial charge in [0.2, 0.25) is 0 Å². The van der Waals surface area contributed by atoms with Crippen LogP contribution in [0.15, 0.2) is 0 Å². The molecule has 7 heteroatoms. The maximum atomic E-state index is 11.6. The number of aromatic nitrogens is 2. The average molecular weight is 317 g/mol. The molecular formula is C13H23N3O2S2. The quantitative estimate of drug-likeness (QED) is 0.802. The van der Waals surface area contributed by atoms with Gasteiger partial charge in [0.25, 0.3) is 0 Å². The normalized spacial score (nSPS) is 21.4. The fraction of sp³-hybridized carbons (Fsp3) is 0.769. The van der Waals surface area contributed by atoms with Gasteiger partial charge in [-0.25, -0.2) is 8.42 Å². The van der Waals surface area contributed by atoms with Gasteiger partial charge in [0.1, 0.15) is 0 Å². The standard InChI is InChI=1S/C13H23N3O2S2/c1-10-13(8-14-5-6-19-3)11(2)16(15-10)12-4-7-20(17,18)9-12/h12,14H,4-9H2,1-3H3. The summed E-state index contributed by atoms with van der Waals surface area (Å²) in [7, 11) is -2.87. The minimum atomic E-state index is -2.87. The fourth-order valence-electron chi connectivity index (χ4n) is 2.66. The number of hydrogen-bond acceptors (Lipinski definition) is 5. The summed E-state index contributed by atoms with van der Waals surface area (Å²) in [4.78, 5) is 0. The van der Waals surface area contributed by atoms with Gasteiger partial charge in [0, 0.05) is 30.1 Å². The monoisotopic (exact) mass is 317 g/mol. The summed E-state index contributed by atoms with van der Waals surface area (Å²) in [6.07, 6.45) is 2.78. The van der Waals surface area contributed by atoms with Gasteiger partial charge >= 0.3 is 0 Å². The Morgan fingerprint density at radius 3 is 2.80 bits per heavy atom. The van der Waals surface area contributed by atoms with E-state index in [0.717, 1.165) is 30.2 Å². The molecule has 0 aliphatic carbocycles. The van der Waals surface area contributed by atoms with Crippen molar-refractivity contribution in [2.75, 3.05) is 30.1 Å². The summed E-state index contributed by atoms with van der Waals surface area (Å²) in [5, 5.41) is 7.98. The molecule has 0 aromatic carbocycles. The van der Waals surface area contributed by atoms with E-state index in [-0.39, 0.29) is 17.5 Å². The largest absolute Gasteiger partial charge is 0.312 e. The second-order valence-corrected chi connectivity index (χ2v) is 8.53. The highest BCUT2D eigenvalue weighted by atomic mass is 32.2. The van der Waals surface area contributed by atoms with Gasteiger partial charge in [0.05, 0.1) is 23.2 Å². The molecule has 0 amide bonds. The van der Waals surface area contributed by atoms with Crippen LogP contribution in [0.2, 0.25) is 0 Å². The van der Waals surface area contributed by atoms with Crippen molar-refractivity contribution in [1.29, 1.82) is 0 Å². The lowest BCUT2D eigenvalue weighted by atomic mass is 10.2. The van der Waals surface area contributed by atoms with E-state index in [4.69, 9.17) is 0 Å². The Hall–Kier alpha value is -0.530. The Labute approximate surface area is 125 Å². The first-order valence-corrected chi connectivity index (χ1v) is 10.1. The summed E-state index contributed by atoms with van der Waals surface area (Å²) < 4.78 is 25.1. The molecule has 114 valence electrons. The van der Waals surface area contributed by atoms with E-state index in [0.29, 0.717) is 6.42 Å². The number of rotatable bonds is 6. The fourth-order valence-corrected chi connectivity index (χ4v) is 4.70. The lowest BCUT2D eigenvalue weighted by Crippen LogP contribution is -2.18. The number of aryl methyl sites for hydroxylation is 1. The highest BCUT2D eigenvalue weighted by Gasteiger charge is 2.31. The third-order valence-electron chi connectivity index (χ3n) is 3.81. The first-order valence-electron chi connectivity index (χ1n) is 6.89. The summed E-state index contributed by atoms with van der Waals surface area (Å²) >= 11 is 1.82. The molecule has 1 aromatic heterocycles. The molecule has 0 spiro atoms. The van der Waals surface area contributed by atoms with Gasteiger partial charge in [-0.15, -0.1) is 0 Å². The van der Waals surface area contributed by atoms with Crippen LogP contribution in [0.3, 0.4) is 0 Å². The second kappa shape index (κ2) is 6.49. The molecule has 1 aromatic rings. The first-order chi connectivity index (χ1) is 9.44. The maximum Gasteiger partial charge on any atom is 0.152 e. The van der Waals surface area contributed by atoms with Crippen LogP contribution < -0.4 is 5.32 Å². The summed E-state index contributed by atoms with van der Waals surface area (Å²) in [5.74, 6) is 1.61. The third-order valence-corrected chi connectivity index (χ3v) is 6.18. The van der Waals surface area contributed by atoms with Crippen molar-refractivity contribution < 1.29 is 8.42 Å². The second-order valence-electron chi connectivity index (χ2n) is 5.32. The number of sulfone groups is 1. The van der Waals surface area contributed by atoms with Crippen molar-refractivity contribution in [3.05, 3.63) is 17.0 Å². The van der Waals surface area contributed by atoms with Crippen molar-refractivity contribution in [2.24, 2.45) is 0 Å². The molecule has 2 rings (SSSR count). The van der Waals surface area contributed by atoms with Gasteiger partial charge in [-0.3, -0.25) is 4.68 Å². The van der Waals surface area contributed by atoms with Gasteiger partial charge in [-0.05, 0) is 26.5 Å². The van der Waals surface area contributed by atoms with E-state index < -0.39 is 9.84 Å². The zero-order valence-electron chi connectivity index (χ0n) is 12.3. The number of nitrogens with zero attached hydrogens (tertiary/aromatic N) is 2. The van der Waals surface area contributed by atoms with Crippen molar-refractivity contribution >= 4 is 21.6 Å². The molecule has 1 aliphatic heterocycles. The molecule has 1 N–H and O–H groups in total. The molecule has 0 bridgehead atoms. The predicted octanol–water partition coefficient (Wildman–Crippen LogP) is 1.31. The molecule has 0 saturated carbocycles. The van der Waals surface area contributed by atoms with Crippen LogP contribution in [0.4, 0.5) is 0 Å². The van der Waals surface area contributed by atoms with Crippen LogP contribution in [0, 0.1) is 13.8 Å². The van der Waals surface area contributed by atoms with Crippen molar-refractivity contribution in [1.82, 2.24) is 15.1 Å². The van der Waals surface area contributed by atoms with Crippen LogP contribution in [0.1, 0.15) is 29.4 Å². The molecule has 1 saturated heterocycles. The van der Waals surface area contributed by atoms with Crippen LogP contribution in [0.5, 0.6) is 0 Å². The SMILES string of the molecule is CSCCNCc1c(C)nn(C2CCS(=O)(=O)C2)c1C. The van der Waals surface area contributed by atoms with Crippen LogP contribution in [-0.4, -0.2) is 48.3 Å². The maximum absolute atomic E-state index is 11.6. The van der Waals surface area contributed by atoms with Gasteiger partial charge in [-0.1, -0.05) is 0 Å². The molecule has 0 radical (unpaired) electrons. The summed E-state index contributed by atoms with van der Waals surface area (Å²) in [6.45, 7) is 5.82. The van der Waals surface area contributed by atoms with E-state index in [2.05, 4.69) is 16.7 Å². The Bertz CT molecular complexity index is 566. The molecule has 5 nitrogen and oxygen atoms in total. The van der Waals surface area contributed by atoms with E-state index in [1.54, 1.807) is 0 Å². The minimum Gasteiger partial charge on any atom is -0.312 e. The topological polar surface area (TPSA) is 64.0 Å². The molecular weight excluding hydrogens is 294 g/mol. The number of hydrogen-bond donors (Lipinski definition) is 1. The minimum absolute atomic E-state index is 0.0126. The van der Waals surface area contributed by atoms with Gasteiger partial charge in [-0.2, -0.15) is 16.9 Å². The molecule has 20 heavy (non-hydrogen) atoms. The smallest absolute Gasteiger partial charge is 0.152 e. The summed E-state index contributed by atoms with van der Waals surface area (Å²) in [6, 6.07) is 0.0126. The number of thioether (sulfide) groups is 1. The Balaban J connectivity index is 2.09. The summed E-state index contributed by atoms with van der Waals surface area (Å²) in [5.41, 5.74) is 3.31. The predicted molar refractivity (Wildman–Crippen MR) is 84.1 cm³/mol. The van der Waals surface area contributed by atoms with Crippen molar-refractivity contribution in [3.63, 3.8) is 0 Å². The first kappa shape index (κ1) is 15.9. The van der Waals surface area contributed by atoms with Crippen LogP contribution >= 0.6 is 11.8 Å². The lowest BCUT2D eigenvalue weighted by Gasteiger charge is -2.11. The highest BCUT2D eigenvalue weighted by molar-refractivity contribution is 7.98. The molecule has 1 unspecified atom stereocenters. The third kappa shape index (κ3) is 3.56. The van der Waals surface area contributed by atoms with E-state index >= 15 is 0 Å². The number of nitrogens with one attached hydrogen (secondary N) is 1. The Kier molecular flexibility index (Phi) is 5.14. The van der Waals surface area contributed by atoms with Gasteiger partial charge in [0.15, 0.2) is 9.84 Å². The van der Waals surface area contributed by atoms with Gasteiger partial charge < -0.3 is 5.32 Å². The van der Waals surface area contributed by atoms with E-state index in [9.17, 15) is 8.42 Å². The van der Waals surface area contributed by atoms with Crippen molar-refractivity contribution in [3.8, 4) is 0 Å². The lowest BCUT2D eigenvalue weighted by molar-refractivity contribution is 0.485. The van der Waals surface area contributed by atoms with E-state index in [1.165, 1.54) is 5.56 Å². The molecule has 1 fully saturated rings. The zero-order valence-corrected chi connectivity index (χ0v) is 14.0. The Morgan fingerprint density at radius 1 is 1.45 bits per heavy atom. The van der Waals surface area contributed by atoms with E-state index in [1.807, 2.05) is 30.3 Å². The van der Waals surface area contributed by atoms with Crippen LogP contribution in [-0.2, 0) is 16.4 Å². The molecule has 1 aliphatic rings. The average Bonchev–Trinajstić information content (AvgIpc) is 2.87. The zero-order chi connectivity index (χ0) is 14.8. The molecule has 2 heterocycles.